The van der Waals surface area contributed by atoms with Crippen LogP contribution in [0.15, 0.2) is 48.5 Å². The fourth-order valence-corrected chi connectivity index (χ4v) is 6.46. The maximum Gasteiger partial charge on any atom is 0.270 e. The molecule has 0 radical (unpaired) electrons. The molecule has 6 nitrogen and oxygen atoms in total. The molecule has 0 spiro atoms. The van der Waals surface area contributed by atoms with Gasteiger partial charge in [-0.2, -0.15) is 0 Å². The Balaban J connectivity index is 2.28. The molecule has 2 rings (SSSR count). The van der Waals surface area contributed by atoms with Gasteiger partial charge < -0.3 is 0 Å². The second-order valence-electron chi connectivity index (χ2n) is 7.10. The first-order chi connectivity index (χ1) is 15.4. The number of nitrogens with one attached hydrogen (secondary N) is 4. The van der Waals surface area contributed by atoms with Crippen LogP contribution in [0, 0.1) is 23.9 Å². The quantitative estimate of drug-likeness (QED) is 0.225. The highest BCUT2D eigenvalue weighted by molar-refractivity contribution is 7.68. The number of hydrogen-bond acceptors (Lipinski definition) is 2. The van der Waals surface area contributed by atoms with Gasteiger partial charge in [-0.05, 0) is 62.1 Å². The summed E-state index contributed by atoms with van der Waals surface area (Å²) in [6.07, 6.45) is 1.73. The van der Waals surface area contributed by atoms with E-state index in [2.05, 4.69) is 44.3 Å². The minimum absolute atomic E-state index is 0.626. The third-order valence-corrected chi connectivity index (χ3v) is 8.88. The van der Waals surface area contributed by atoms with E-state index in [4.69, 9.17) is 0 Å². The Bertz CT molecular complexity index is 1000. The van der Waals surface area contributed by atoms with Crippen molar-refractivity contribution in [1.82, 2.24) is 20.3 Å². The number of benzene rings is 2. The summed E-state index contributed by atoms with van der Waals surface area (Å²) in [4.78, 5) is 0. The van der Waals surface area contributed by atoms with Gasteiger partial charge in [0.2, 0.25) is 0 Å². The molecule has 0 heterocycles. The fraction of sp³-hybridized carbons (Fsp3) is 0.333. The van der Waals surface area contributed by atoms with E-state index in [9.17, 15) is 9.13 Å². The zero-order valence-electron chi connectivity index (χ0n) is 19.2. The van der Waals surface area contributed by atoms with E-state index in [0.29, 0.717) is 23.7 Å². The predicted molar refractivity (Wildman–Crippen MR) is 136 cm³/mol. The van der Waals surface area contributed by atoms with Crippen molar-refractivity contribution in [3.8, 4) is 35.1 Å². The van der Waals surface area contributed by atoms with Gasteiger partial charge >= 0.3 is 0 Å². The van der Waals surface area contributed by atoms with Crippen LogP contribution < -0.4 is 31.0 Å². The minimum Gasteiger partial charge on any atom is -0.280 e. The highest BCUT2D eigenvalue weighted by atomic mass is 31.2. The lowest BCUT2D eigenvalue weighted by Gasteiger charge is -2.19. The molecule has 0 fully saturated rings. The van der Waals surface area contributed by atoms with Crippen LogP contribution in [-0.4, -0.2) is 13.1 Å². The fourth-order valence-electron chi connectivity index (χ4n) is 2.93. The van der Waals surface area contributed by atoms with E-state index < -0.39 is 14.9 Å². The van der Waals surface area contributed by atoms with Crippen LogP contribution in [0.5, 0.6) is 0 Å². The van der Waals surface area contributed by atoms with Crippen LogP contribution >= 0.6 is 14.9 Å². The van der Waals surface area contributed by atoms with Crippen molar-refractivity contribution in [3.05, 3.63) is 48.5 Å². The minimum atomic E-state index is -3.01. The van der Waals surface area contributed by atoms with Crippen molar-refractivity contribution < 1.29 is 9.13 Å². The molecule has 0 amide bonds. The molecule has 0 saturated carbocycles. The van der Waals surface area contributed by atoms with E-state index in [1.807, 2.05) is 62.4 Å². The van der Waals surface area contributed by atoms with E-state index >= 15 is 0 Å². The van der Waals surface area contributed by atoms with Crippen LogP contribution in [0.25, 0.3) is 11.1 Å². The van der Waals surface area contributed by atoms with Gasteiger partial charge in [0.1, 0.15) is 0 Å². The van der Waals surface area contributed by atoms with Gasteiger partial charge in [0.05, 0.1) is 0 Å². The van der Waals surface area contributed by atoms with Crippen molar-refractivity contribution in [2.75, 3.05) is 13.1 Å². The van der Waals surface area contributed by atoms with E-state index in [1.54, 1.807) is 13.8 Å². The Labute approximate surface area is 192 Å². The molecule has 32 heavy (non-hydrogen) atoms. The first kappa shape index (κ1) is 25.8. The Kier molecular flexibility index (Phi) is 10.1. The summed E-state index contributed by atoms with van der Waals surface area (Å²) in [5.74, 6) is 5.47. The van der Waals surface area contributed by atoms with E-state index in [1.165, 1.54) is 0 Å². The molecule has 4 N–H and O–H groups in total. The largest absolute Gasteiger partial charge is 0.280 e. The average Bonchev–Trinajstić information content (AvgIpc) is 2.84. The normalized spacial score (nSPS) is 14.0. The molecule has 2 atom stereocenters. The Hall–Kier alpha value is -2.46. The van der Waals surface area contributed by atoms with E-state index in [-0.39, 0.29) is 0 Å². The second-order valence-corrected chi connectivity index (χ2v) is 11.7. The summed E-state index contributed by atoms with van der Waals surface area (Å²) in [7, 11) is -6.02. The van der Waals surface area contributed by atoms with Crippen LogP contribution in [-0.2, 0) is 9.13 Å². The zero-order chi connectivity index (χ0) is 23.5. The lowest BCUT2D eigenvalue weighted by atomic mass is 10.1. The maximum absolute atomic E-state index is 13.3. The molecule has 2 unspecified atom stereocenters. The standard InChI is InChI=1S/C24H32N4O2P2/c1-5-17-25-31(29,26-18-6-2)23-13-9-21(10-14-23)22-11-15-24(16-12-22)32(30,27-19-7-3)28-20-8-4/h9-16H,5,7,17,19H2,1-4H3,(H2,25,26,29)(H2,27,28,30). The summed E-state index contributed by atoms with van der Waals surface area (Å²) < 4.78 is 26.7. The van der Waals surface area contributed by atoms with Crippen molar-refractivity contribution in [2.45, 2.75) is 40.5 Å². The van der Waals surface area contributed by atoms with Gasteiger partial charge in [0.15, 0.2) is 0 Å². The average molecular weight is 470 g/mol. The molecule has 0 bridgehead atoms. The van der Waals surface area contributed by atoms with Crippen molar-refractivity contribution in [1.29, 1.82) is 0 Å². The predicted octanol–water partition coefficient (Wildman–Crippen LogP) is 4.13. The van der Waals surface area contributed by atoms with Gasteiger partial charge in [-0.1, -0.05) is 50.0 Å². The smallest absolute Gasteiger partial charge is 0.270 e. The van der Waals surface area contributed by atoms with Gasteiger partial charge in [0, 0.05) is 35.8 Å². The molecule has 0 aliphatic rings. The second kappa shape index (κ2) is 12.5. The molecule has 0 aliphatic carbocycles. The Morgan fingerprint density at radius 1 is 0.656 bits per heavy atom. The van der Waals surface area contributed by atoms with Crippen molar-refractivity contribution in [2.24, 2.45) is 0 Å². The summed E-state index contributed by atoms with van der Waals surface area (Å²) in [6.45, 7) is 8.70. The lowest BCUT2D eigenvalue weighted by Crippen LogP contribution is -2.28. The topological polar surface area (TPSA) is 82.3 Å². The zero-order valence-corrected chi connectivity index (χ0v) is 20.9. The highest BCUT2D eigenvalue weighted by Gasteiger charge is 2.24. The first-order valence-corrected chi connectivity index (χ1v) is 14.1. The van der Waals surface area contributed by atoms with Gasteiger partial charge in [0.25, 0.3) is 14.9 Å². The Morgan fingerprint density at radius 2 is 1.00 bits per heavy atom. The summed E-state index contributed by atoms with van der Waals surface area (Å²) in [5.41, 5.74) is 1.95. The molecule has 0 saturated heterocycles. The SMILES string of the molecule is CC#CNP(=O)(NCCC)c1ccc(-c2ccc(P(=O)(NC#CC)NCCC)cc2)cc1. The summed E-state index contributed by atoms with van der Waals surface area (Å²) in [6, 6.07) is 20.6. The third kappa shape index (κ3) is 6.77. The maximum atomic E-state index is 13.3. The molecule has 8 heteroatoms. The molecule has 2 aromatic rings. The van der Waals surface area contributed by atoms with Crippen LogP contribution in [0.2, 0.25) is 0 Å². The molecular formula is C24H32N4O2P2. The van der Waals surface area contributed by atoms with Crippen LogP contribution in [0.4, 0.5) is 0 Å². The monoisotopic (exact) mass is 470 g/mol. The highest BCUT2D eigenvalue weighted by Crippen LogP contribution is 2.36. The number of rotatable bonds is 11. The van der Waals surface area contributed by atoms with Gasteiger partial charge in [-0.15, -0.1) is 0 Å². The molecule has 0 aliphatic heterocycles. The van der Waals surface area contributed by atoms with Crippen molar-refractivity contribution >= 4 is 25.5 Å². The van der Waals surface area contributed by atoms with Crippen LogP contribution in [0.3, 0.4) is 0 Å². The van der Waals surface area contributed by atoms with E-state index in [0.717, 1.165) is 24.0 Å². The Morgan fingerprint density at radius 3 is 1.28 bits per heavy atom. The molecule has 2 aromatic carbocycles. The van der Waals surface area contributed by atoms with Gasteiger partial charge in [-0.3, -0.25) is 19.3 Å². The van der Waals surface area contributed by atoms with Crippen LogP contribution in [0.1, 0.15) is 40.5 Å². The lowest BCUT2D eigenvalue weighted by molar-refractivity contribution is 0.566. The summed E-state index contributed by atoms with van der Waals surface area (Å²) in [5, 5.41) is 13.2. The summed E-state index contributed by atoms with van der Waals surface area (Å²) >= 11 is 0. The van der Waals surface area contributed by atoms with Gasteiger partial charge in [-0.25, -0.2) is 10.2 Å². The first-order valence-electron chi connectivity index (χ1n) is 10.7. The van der Waals surface area contributed by atoms with Crippen molar-refractivity contribution in [3.63, 3.8) is 0 Å². The molecular weight excluding hydrogens is 438 g/mol. The molecule has 170 valence electrons. The number of hydrogen-bond donors (Lipinski definition) is 4. The molecule has 0 aromatic heterocycles. The third-order valence-electron chi connectivity index (χ3n) is 4.64.